The predicted octanol–water partition coefficient (Wildman–Crippen LogP) is 2.83. The molecular formula is C14H21N3O3S. The number of hydrogen-bond donors (Lipinski definition) is 2. The number of nitrogens with two attached hydrogens (primary N) is 1. The number of carbonyl (C=O) groups is 1. The molecule has 1 aromatic carbocycles. The first-order valence-electron chi connectivity index (χ1n) is 6.77. The molecule has 7 heteroatoms. The van der Waals surface area contributed by atoms with Crippen molar-refractivity contribution >= 4 is 29.0 Å². The van der Waals surface area contributed by atoms with Crippen molar-refractivity contribution in [3.8, 4) is 0 Å². The van der Waals surface area contributed by atoms with E-state index in [4.69, 9.17) is 5.73 Å². The number of thioether (sulfide) groups is 1. The summed E-state index contributed by atoms with van der Waals surface area (Å²) < 4.78 is -0.0227. The van der Waals surface area contributed by atoms with Crippen LogP contribution < -0.4 is 11.1 Å². The second-order valence-corrected chi connectivity index (χ2v) is 6.05. The van der Waals surface area contributed by atoms with Crippen LogP contribution in [0.2, 0.25) is 0 Å². The van der Waals surface area contributed by atoms with Crippen LogP contribution in [0.3, 0.4) is 0 Å². The van der Waals surface area contributed by atoms with Gasteiger partial charge in [0.15, 0.2) is 0 Å². The number of anilines is 1. The summed E-state index contributed by atoms with van der Waals surface area (Å²) in [6.45, 7) is 4.66. The molecule has 0 fully saturated rings. The average molecular weight is 311 g/mol. The number of hydrogen-bond acceptors (Lipinski definition) is 5. The van der Waals surface area contributed by atoms with Crippen LogP contribution in [-0.4, -0.2) is 28.4 Å². The summed E-state index contributed by atoms with van der Waals surface area (Å²) in [5, 5.41) is 13.7. The van der Waals surface area contributed by atoms with Gasteiger partial charge >= 0.3 is 0 Å². The number of nitrogen functional groups attached to an aromatic ring is 1. The van der Waals surface area contributed by atoms with Gasteiger partial charge < -0.3 is 11.1 Å². The number of amides is 1. The lowest BCUT2D eigenvalue weighted by Gasteiger charge is -2.29. The van der Waals surface area contributed by atoms with Crippen molar-refractivity contribution in [2.75, 3.05) is 18.5 Å². The van der Waals surface area contributed by atoms with E-state index in [-0.39, 0.29) is 27.6 Å². The summed E-state index contributed by atoms with van der Waals surface area (Å²) in [7, 11) is 0. The van der Waals surface area contributed by atoms with Gasteiger partial charge in [-0.1, -0.05) is 19.9 Å². The first-order valence-corrected chi connectivity index (χ1v) is 7.99. The molecule has 0 bridgehead atoms. The molecule has 0 saturated carbocycles. The van der Waals surface area contributed by atoms with Gasteiger partial charge in [-0.15, -0.1) is 0 Å². The molecule has 0 unspecified atom stereocenters. The first kappa shape index (κ1) is 17.3. The van der Waals surface area contributed by atoms with Crippen molar-refractivity contribution in [3.05, 3.63) is 33.9 Å². The van der Waals surface area contributed by atoms with Crippen molar-refractivity contribution < 1.29 is 9.72 Å². The summed E-state index contributed by atoms with van der Waals surface area (Å²) in [4.78, 5) is 22.5. The lowest BCUT2D eigenvalue weighted by molar-refractivity contribution is -0.383. The third-order valence-electron chi connectivity index (χ3n) is 3.82. The Morgan fingerprint density at radius 2 is 2.05 bits per heavy atom. The molecule has 0 aliphatic rings. The summed E-state index contributed by atoms with van der Waals surface area (Å²) >= 11 is 1.71. The summed E-state index contributed by atoms with van der Waals surface area (Å²) in [5.41, 5.74) is 5.52. The van der Waals surface area contributed by atoms with Crippen LogP contribution in [-0.2, 0) is 0 Å². The Morgan fingerprint density at radius 1 is 1.43 bits per heavy atom. The Bertz CT molecular complexity index is 522. The van der Waals surface area contributed by atoms with Gasteiger partial charge in [0.05, 0.1) is 10.5 Å². The molecule has 0 aliphatic carbocycles. The molecule has 21 heavy (non-hydrogen) atoms. The number of benzene rings is 1. The van der Waals surface area contributed by atoms with Crippen LogP contribution in [0.4, 0.5) is 11.4 Å². The standard InChI is InChI=1S/C14H21N3O3S/c1-4-14(5-2,21-3)9-16-13(18)10-7-6-8-11(12(10)15)17(19)20/h6-8H,4-5,9,15H2,1-3H3,(H,16,18). The van der Waals surface area contributed by atoms with Gasteiger partial charge in [-0.2, -0.15) is 11.8 Å². The number of carbonyl (C=O) groups excluding carboxylic acids is 1. The largest absolute Gasteiger partial charge is 0.393 e. The van der Waals surface area contributed by atoms with Crippen LogP contribution in [0.25, 0.3) is 0 Å². The minimum atomic E-state index is -0.587. The number of rotatable bonds is 7. The second-order valence-electron chi connectivity index (χ2n) is 4.77. The summed E-state index contributed by atoms with van der Waals surface area (Å²) in [6, 6.07) is 4.25. The number of nitro groups is 1. The second kappa shape index (κ2) is 7.31. The minimum Gasteiger partial charge on any atom is -0.393 e. The smallest absolute Gasteiger partial charge is 0.292 e. The fourth-order valence-corrected chi connectivity index (χ4v) is 2.90. The summed E-state index contributed by atoms with van der Waals surface area (Å²) in [6.07, 6.45) is 3.87. The van der Waals surface area contributed by atoms with Gasteiger partial charge in [-0.25, -0.2) is 0 Å². The van der Waals surface area contributed by atoms with Crippen molar-refractivity contribution in [3.63, 3.8) is 0 Å². The Labute approximate surface area is 128 Å². The zero-order valence-electron chi connectivity index (χ0n) is 12.5. The van der Waals surface area contributed by atoms with E-state index in [9.17, 15) is 14.9 Å². The Hall–Kier alpha value is -1.76. The zero-order chi connectivity index (χ0) is 16.0. The van der Waals surface area contributed by atoms with Crippen LogP contribution in [0.15, 0.2) is 18.2 Å². The highest BCUT2D eigenvalue weighted by Gasteiger charge is 2.26. The fraction of sp³-hybridized carbons (Fsp3) is 0.500. The average Bonchev–Trinajstić information content (AvgIpc) is 2.49. The fourth-order valence-electron chi connectivity index (χ4n) is 2.11. The van der Waals surface area contributed by atoms with Gasteiger partial charge in [-0.05, 0) is 25.2 Å². The number of nitrogens with one attached hydrogen (secondary N) is 1. The van der Waals surface area contributed by atoms with E-state index in [1.54, 1.807) is 11.8 Å². The van der Waals surface area contributed by atoms with E-state index >= 15 is 0 Å². The third-order valence-corrected chi connectivity index (χ3v) is 5.40. The van der Waals surface area contributed by atoms with Crippen LogP contribution >= 0.6 is 11.8 Å². The Kier molecular flexibility index (Phi) is 6.02. The van der Waals surface area contributed by atoms with E-state index < -0.39 is 4.92 Å². The molecular weight excluding hydrogens is 290 g/mol. The first-order chi connectivity index (χ1) is 9.90. The number of nitro benzene ring substituents is 1. The highest BCUT2D eigenvalue weighted by Crippen LogP contribution is 2.30. The molecule has 3 N–H and O–H groups in total. The molecule has 0 aliphatic heterocycles. The molecule has 1 amide bonds. The van der Waals surface area contributed by atoms with Crippen molar-refractivity contribution in [1.82, 2.24) is 5.32 Å². The van der Waals surface area contributed by atoms with E-state index in [0.29, 0.717) is 6.54 Å². The minimum absolute atomic E-state index is 0.0227. The Balaban J connectivity index is 2.91. The van der Waals surface area contributed by atoms with Crippen LogP contribution in [0.5, 0.6) is 0 Å². The molecule has 1 rings (SSSR count). The van der Waals surface area contributed by atoms with E-state index in [1.807, 2.05) is 6.26 Å². The molecule has 0 atom stereocenters. The van der Waals surface area contributed by atoms with Crippen molar-refractivity contribution in [1.29, 1.82) is 0 Å². The molecule has 0 radical (unpaired) electrons. The molecule has 116 valence electrons. The van der Waals surface area contributed by atoms with Crippen LogP contribution in [0, 0.1) is 10.1 Å². The van der Waals surface area contributed by atoms with Gasteiger partial charge in [-0.3, -0.25) is 14.9 Å². The molecule has 0 aromatic heterocycles. The maximum absolute atomic E-state index is 12.2. The van der Waals surface area contributed by atoms with Gasteiger partial charge in [0.2, 0.25) is 0 Å². The van der Waals surface area contributed by atoms with Crippen molar-refractivity contribution in [2.45, 2.75) is 31.4 Å². The molecule has 0 spiro atoms. The highest BCUT2D eigenvalue weighted by molar-refractivity contribution is 8.00. The van der Waals surface area contributed by atoms with E-state index in [2.05, 4.69) is 19.2 Å². The molecule has 0 heterocycles. The number of para-hydroxylation sites is 1. The zero-order valence-corrected chi connectivity index (χ0v) is 13.3. The van der Waals surface area contributed by atoms with E-state index in [1.165, 1.54) is 18.2 Å². The van der Waals surface area contributed by atoms with Gasteiger partial charge in [0, 0.05) is 17.4 Å². The third kappa shape index (κ3) is 3.87. The van der Waals surface area contributed by atoms with Crippen molar-refractivity contribution in [2.24, 2.45) is 0 Å². The molecule has 1 aromatic rings. The van der Waals surface area contributed by atoms with Crippen LogP contribution in [0.1, 0.15) is 37.0 Å². The normalized spacial score (nSPS) is 11.2. The topological polar surface area (TPSA) is 98.3 Å². The SMILES string of the molecule is CCC(CC)(CNC(=O)c1cccc([N+](=O)[O-])c1N)SC. The molecule has 0 saturated heterocycles. The lowest BCUT2D eigenvalue weighted by atomic mass is 10.0. The number of nitrogens with zero attached hydrogens (tertiary/aromatic N) is 1. The summed E-state index contributed by atoms with van der Waals surface area (Å²) in [5.74, 6) is -0.378. The maximum atomic E-state index is 12.2. The monoisotopic (exact) mass is 311 g/mol. The van der Waals surface area contributed by atoms with E-state index in [0.717, 1.165) is 12.8 Å². The van der Waals surface area contributed by atoms with Gasteiger partial charge in [0.25, 0.3) is 11.6 Å². The highest BCUT2D eigenvalue weighted by atomic mass is 32.2. The predicted molar refractivity (Wildman–Crippen MR) is 86.7 cm³/mol. The Morgan fingerprint density at radius 3 is 2.52 bits per heavy atom. The lowest BCUT2D eigenvalue weighted by Crippen LogP contribution is -2.39. The molecule has 6 nitrogen and oxygen atoms in total. The quantitative estimate of drug-likeness (QED) is 0.458. The maximum Gasteiger partial charge on any atom is 0.292 e. The van der Waals surface area contributed by atoms with Gasteiger partial charge in [0.1, 0.15) is 5.69 Å².